The van der Waals surface area contributed by atoms with Crippen LogP contribution in [0, 0.1) is 0 Å². The standard InChI is InChI=1S/C21H18BrClN2O5/c1-3-29-17-10-12(9-16(23)18(17)30-4-2)8-15-19(26)24-21(28)25(20(15)27)14-7-5-6-13(22)11-14/h5-11H,3-4H2,1-2H3,(H,24,26,28). The summed E-state index contributed by atoms with van der Waals surface area (Å²) in [6, 6.07) is 8.99. The normalized spacial score (nSPS) is 15.4. The van der Waals surface area contributed by atoms with Crippen molar-refractivity contribution < 1.29 is 23.9 Å². The molecule has 30 heavy (non-hydrogen) atoms. The number of ether oxygens (including phenoxy) is 2. The highest BCUT2D eigenvalue weighted by atomic mass is 79.9. The van der Waals surface area contributed by atoms with Crippen LogP contribution < -0.4 is 19.7 Å². The molecule has 3 rings (SSSR count). The molecule has 156 valence electrons. The van der Waals surface area contributed by atoms with Crippen molar-refractivity contribution in [2.24, 2.45) is 0 Å². The average Bonchev–Trinajstić information content (AvgIpc) is 2.68. The monoisotopic (exact) mass is 492 g/mol. The number of hydrogen-bond donors (Lipinski definition) is 1. The molecule has 0 spiro atoms. The van der Waals surface area contributed by atoms with Gasteiger partial charge in [0.1, 0.15) is 5.57 Å². The lowest BCUT2D eigenvalue weighted by Gasteiger charge is -2.26. The molecule has 1 aliphatic rings. The van der Waals surface area contributed by atoms with Crippen LogP contribution in [0.2, 0.25) is 5.02 Å². The van der Waals surface area contributed by atoms with E-state index in [1.807, 2.05) is 13.8 Å². The molecule has 0 aliphatic carbocycles. The molecule has 1 heterocycles. The van der Waals surface area contributed by atoms with Crippen LogP contribution >= 0.6 is 27.5 Å². The maximum absolute atomic E-state index is 13.0. The highest BCUT2D eigenvalue weighted by molar-refractivity contribution is 9.10. The molecule has 2 aromatic rings. The van der Waals surface area contributed by atoms with Gasteiger partial charge < -0.3 is 9.47 Å². The number of halogens is 2. The van der Waals surface area contributed by atoms with Gasteiger partial charge in [0.25, 0.3) is 11.8 Å². The van der Waals surface area contributed by atoms with Crippen LogP contribution in [-0.4, -0.2) is 31.1 Å². The summed E-state index contributed by atoms with van der Waals surface area (Å²) in [5, 5.41) is 2.46. The van der Waals surface area contributed by atoms with Crippen molar-refractivity contribution in [1.82, 2.24) is 5.32 Å². The second kappa shape index (κ2) is 9.32. The van der Waals surface area contributed by atoms with Crippen LogP contribution in [0.25, 0.3) is 6.08 Å². The first-order chi connectivity index (χ1) is 14.3. The predicted octanol–water partition coefficient (Wildman–Crippen LogP) is 4.57. The smallest absolute Gasteiger partial charge is 0.335 e. The molecule has 0 saturated carbocycles. The van der Waals surface area contributed by atoms with Crippen molar-refractivity contribution in [3.63, 3.8) is 0 Å². The number of amides is 4. The van der Waals surface area contributed by atoms with Gasteiger partial charge in [-0.3, -0.25) is 14.9 Å². The molecule has 0 atom stereocenters. The van der Waals surface area contributed by atoms with E-state index in [1.165, 1.54) is 6.08 Å². The van der Waals surface area contributed by atoms with Gasteiger partial charge in [0, 0.05) is 4.47 Å². The lowest BCUT2D eigenvalue weighted by atomic mass is 10.1. The fourth-order valence-electron chi connectivity index (χ4n) is 2.89. The zero-order chi connectivity index (χ0) is 21.8. The van der Waals surface area contributed by atoms with Gasteiger partial charge in [-0.2, -0.15) is 0 Å². The number of imide groups is 2. The number of hydrogen-bond acceptors (Lipinski definition) is 5. The average molecular weight is 494 g/mol. The van der Waals surface area contributed by atoms with Crippen LogP contribution in [-0.2, 0) is 9.59 Å². The third kappa shape index (κ3) is 4.49. The Morgan fingerprint density at radius 3 is 2.50 bits per heavy atom. The first-order valence-corrected chi connectivity index (χ1v) is 10.3. The van der Waals surface area contributed by atoms with E-state index in [0.29, 0.717) is 40.4 Å². The van der Waals surface area contributed by atoms with E-state index in [9.17, 15) is 14.4 Å². The first-order valence-electron chi connectivity index (χ1n) is 9.11. The zero-order valence-electron chi connectivity index (χ0n) is 16.2. The summed E-state index contributed by atoms with van der Waals surface area (Å²) < 4.78 is 11.8. The van der Waals surface area contributed by atoms with Crippen LogP contribution in [0.1, 0.15) is 19.4 Å². The molecule has 0 bridgehead atoms. The Morgan fingerprint density at radius 2 is 1.83 bits per heavy atom. The van der Waals surface area contributed by atoms with Crippen molar-refractivity contribution in [2.75, 3.05) is 18.1 Å². The van der Waals surface area contributed by atoms with Gasteiger partial charge in [0.15, 0.2) is 11.5 Å². The molecule has 9 heteroatoms. The molecule has 1 fully saturated rings. The molecule has 0 radical (unpaired) electrons. The summed E-state index contributed by atoms with van der Waals surface area (Å²) in [5.41, 5.74) is 0.566. The molecule has 1 aliphatic heterocycles. The molecule has 7 nitrogen and oxygen atoms in total. The number of benzene rings is 2. The maximum Gasteiger partial charge on any atom is 0.335 e. The van der Waals surface area contributed by atoms with Gasteiger partial charge in [-0.25, -0.2) is 9.69 Å². The zero-order valence-corrected chi connectivity index (χ0v) is 18.5. The Balaban J connectivity index is 2.04. The minimum atomic E-state index is -0.819. The highest BCUT2D eigenvalue weighted by Crippen LogP contribution is 2.37. The highest BCUT2D eigenvalue weighted by Gasteiger charge is 2.37. The van der Waals surface area contributed by atoms with Crippen molar-refractivity contribution in [3.8, 4) is 11.5 Å². The van der Waals surface area contributed by atoms with E-state index >= 15 is 0 Å². The SMILES string of the molecule is CCOc1cc(C=C2C(=O)NC(=O)N(c3cccc(Br)c3)C2=O)cc(Cl)c1OCC. The number of nitrogens with one attached hydrogen (secondary N) is 1. The van der Waals surface area contributed by atoms with E-state index in [4.69, 9.17) is 21.1 Å². The summed E-state index contributed by atoms with van der Waals surface area (Å²) in [7, 11) is 0. The minimum absolute atomic E-state index is 0.211. The molecule has 0 unspecified atom stereocenters. The third-order valence-electron chi connectivity index (χ3n) is 4.10. The van der Waals surface area contributed by atoms with Gasteiger partial charge in [0.2, 0.25) is 0 Å². The van der Waals surface area contributed by atoms with Crippen molar-refractivity contribution >= 4 is 57.1 Å². The second-order valence-corrected chi connectivity index (χ2v) is 7.46. The van der Waals surface area contributed by atoms with E-state index in [-0.39, 0.29) is 10.6 Å². The summed E-state index contributed by atoms with van der Waals surface area (Å²) in [6.45, 7) is 4.40. The Morgan fingerprint density at radius 1 is 1.10 bits per heavy atom. The predicted molar refractivity (Wildman–Crippen MR) is 117 cm³/mol. The molecule has 4 amide bonds. The van der Waals surface area contributed by atoms with E-state index < -0.39 is 17.8 Å². The van der Waals surface area contributed by atoms with Crippen LogP contribution in [0.15, 0.2) is 46.4 Å². The number of nitrogens with zero attached hydrogens (tertiary/aromatic N) is 1. The van der Waals surface area contributed by atoms with Gasteiger partial charge in [-0.1, -0.05) is 33.6 Å². The number of urea groups is 1. The Hall–Kier alpha value is -2.84. The molecular weight excluding hydrogens is 476 g/mol. The van der Waals surface area contributed by atoms with Crippen LogP contribution in [0.5, 0.6) is 11.5 Å². The molecule has 2 aromatic carbocycles. The Labute approximate surface area is 186 Å². The second-order valence-electron chi connectivity index (χ2n) is 6.13. The number of barbiturate groups is 1. The maximum atomic E-state index is 13.0. The Bertz CT molecular complexity index is 1050. The van der Waals surface area contributed by atoms with Crippen molar-refractivity contribution in [2.45, 2.75) is 13.8 Å². The molecule has 1 saturated heterocycles. The number of carbonyl (C=O) groups is 3. The summed E-state index contributed by atoms with van der Waals surface area (Å²) >= 11 is 9.62. The van der Waals surface area contributed by atoms with E-state index in [1.54, 1.807) is 36.4 Å². The topological polar surface area (TPSA) is 84.9 Å². The van der Waals surface area contributed by atoms with E-state index in [0.717, 1.165) is 4.90 Å². The quantitative estimate of drug-likeness (QED) is 0.471. The Kier molecular flexibility index (Phi) is 6.79. The molecular formula is C21H18BrClN2O5. The first kappa shape index (κ1) is 21.9. The van der Waals surface area contributed by atoms with Gasteiger partial charge in [-0.15, -0.1) is 0 Å². The van der Waals surface area contributed by atoms with Gasteiger partial charge in [-0.05, 0) is 55.8 Å². The largest absolute Gasteiger partial charge is 0.490 e. The van der Waals surface area contributed by atoms with Crippen LogP contribution in [0.3, 0.4) is 0 Å². The lowest BCUT2D eigenvalue weighted by Crippen LogP contribution is -2.54. The van der Waals surface area contributed by atoms with E-state index in [2.05, 4.69) is 21.2 Å². The van der Waals surface area contributed by atoms with Gasteiger partial charge in [0.05, 0.1) is 23.9 Å². The molecule has 0 aromatic heterocycles. The number of carbonyl (C=O) groups excluding carboxylic acids is 3. The third-order valence-corrected chi connectivity index (χ3v) is 4.87. The molecule has 1 N–H and O–H groups in total. The number of anilines is 1. The summed E-state index contributed by atoms with van der Waals surface area (Å²) in [6.07, 6.45) is 1.36. The fourth-order valence-corrected chi connectivity index (χ4v) is 3.55. The summed E-state index contributed by atoms with van der Waals surface area (Å²) in [5.74, 6) is -0.764. The van der Waals surface area contributed by atoms with Crippen molar-refractivity contribution in [1.29, 1.82) is 0 Å². The minimum Gasteiger partial charge on any atom is -0.490 e. The summed E-state index contributed by atoms with van der Waals surface area (Å²) in [4.78, 5) is 38.6. The van der Waals surface area contributed by atoms with Crippen LogP contribution in [0.4, 0.5) is 10.5 Å². The van der Waals surface area contributed by atoms with Crippen molar-refractivity contribution in [3.05, 3.63) is 57.0 Å². The lowest BCUT2D eigenvalue weighted by molar-refractivity contribution is -0.122. The number of rotatable bonds is 6. The fraction of sp³-hybridized carbons (Fsp3) is 0.190. The van der Waals surface area contributed by atoms with Gasteiger partial charge >= 0.3 is 6.03 Å².